The Balaban J connectivity index is 2.27. The van der Waals surface area contributed by atoms with E-state index in [1.54, 1.807) is 0 Å². The van der Waals surface area contributed by atoms with Crippen molar-refractivity contribution in [3.05, 3.63) is 0 Å². The Morgan fingerprint density at radius 1 is 1.33 bits per heavy atom. The molecule has 0 radical (unpaired) electrons. The van der Waals surface area contributed by atoms with Crippen molar-refractivity contribution in [2.45, 2.75) is 58.3 Å². The normalized spacial score (nSPS) is 27.0. The molecular formula is C11H21Cl. The molecule has 1 aliphatic carbocycles. The van der Waals surface area contributed by atoms with Crippen LogP contribution in [0.15, 0.2) is 0 Å². The second-order valence-corrected chi connectivity index (χ2v) is 5.87. The molecule has 0 aromatic carbocycles. The Morgan fingerprint density at radius 2 is 1.83 bits per heavy atom. The third-order valence-corrected chi connectivity index (χ3v) is 3.30. The van der Waals surface area contributed by atoms with Crippen LogP contribution in [0.4, 0.5) is 0 Å². The van der Waals surface area contributed by atoms with Crippen LogP contribution in [0.25, 0.3) is 0 Å². The van der Waals surface area contributed by atoms with E-state index >= 15 is 0 Å². The fraction of sp³-hybridized carbons (Fsp3) is 1.00. The van der Waals surface area contributed by atoms with E-state index in [4.69, 9.17) is 11.6 Å². The van der Waals surface area contributed by atoms with Gasteiger partial charge in [0.15, 0.2) is 0 Å². The van der Waals surface area contributed by atoms with Crippen molar-refractivity contribution in [3.63, 3.8) is 0 Å². The summed E-state index contributed by atoms with van der Waals surface area (Å²) in [6.07, 6.45) is 6.79. The Labute approximate surface area is 81.7 Å². The molecule has 0 aromatic rings. The van der Waals surface area contributed by atoms with Gasteiger partial charge in [0.25, 0.3) is 0 Å². The molecule has 0 saturated heterocycles. The van der Waals surface area contributed by atoms with Crippen LogP contribution in [0.2, 0.25) is 0 Å². The Bertz CT molecular complexity index is 128. The van der Waals surface area contributed by atoms with Crippen LogP contribution < -0.4 is 0 Å². The van der Waals surface area contributed by atoms with Crippen LogP contribution in [0.5, 0.6) is 0 Å². The molecule has 0 nitrogen and oxygen atoms in total. The first-order valence-electron chi connectivity index (χ1n) is 5.14. The van der Waals surface area contributed by atoms with Gasteiger partial charge in [-0.25, -0.2) is 0 Å². The second-order valence-electron chi connectivity index (χ2n) is 5.12. The quantitative estimate of drug-likeness (QED) is 0.570. The topological polar surface area (TPSA) is 0 Å². The number of rotatable bonds is 2. The van der Waals surface area contributed by atoms with Crippen LogP contribution in [0.3, 0.4) is 0 Å². The molecule has 0 heterocycles. The van der Waals surface area contributed by atoms with E-state index < -0.39 is 0 Å². The molecular weight excluding hydrogens is 168 g/mol. The van der Waals surface area contributed by atoms with E-state index in [1.807, 2.05) is 0 Å². The molecule has 1 fully saturated rings. The monoisotopic (exact) mass is 188 g/mol. The highest BCUT2D eigenvalue weighted by atomic mass is 35.5. The van der Waals surface area contributed by atoms with E-state index in [9.17, 15) is 0 Å². The van der Waals surface area contributed by atoms with Crippen molar-refractivity contribution in [2.24, 2.45) is 11.3 Å². The molecule has 0 bridgehead atoms. The van der Waals surface area contributed by atoms with Crippen molar-refractivity contribution in [3.8, 4) is 0 Å². The summed E-state index contributed by atoms with van der Waals surface area (Å²) >= 11 is 5.98. The molecule has 0 amide bonds. The summed E-state index contributed by atoms with van der Waals surface area (Å²) in [5.41, 5.74) is 0.603. The maximum absolute atomic E-state index is 5.98. The third kappa shape index (κ3) is 3.35. The standard InChI is InChI=1S/C11H21Cl/c1-9(12)8-10-4-6-11(2,3)7-5-10/h9-10H,4-8H2,1-3H3. The molecule has 12 heavy (non-hydrogen) atoms. The summed E-state index contributed by atoms with van der Waals surface area (Å²) in [5.74, 6) is 0.908. The molecule has 0 aliphatic heterocycles. The second kappa shape index (κ2) is 4.00. The Hall–Kier alpha value is 0.290. The molecule has 1 rings (SSSR count). The average molecular weight is 189 g/mol. The molecule has 1 heteroatoms. The molecule has 0 N–H and O–H groups in total. The van der Waals surface area contributed by atoms with Gasteiger partial charge >= 0.3 is 0 Å². The van der Waals surface area contributed by atoms with E-state index in [0.717, 1.165) is 5.92 Å². The summed E-state index contributed by atoms with van der Waals surface area (Å²) < 4.78 is 0. The maximum atomic E-state index is 5.98. The Kier molecular flexibility index (Phi) is 3.46. The zero-order valence-corrected chi connectivity index (χ0v) is 9.32. The summed E-state index contributed by atoms with van der Waals surface area (Å²) in [7, 11) is 0. The van der Waals surface area contributed by atoms with Crippen LogP contribution in [0, 0.1) is 11.3 Å². The largest absolute Gasteiger partial charge is 0.123 e. The number of halogens is 1. The van der Waals surface area contributed by atoms with Crippen LogP contribution in [-0.2, 0) is 0 Å². The van der Waals surface area contributed by atoms with Crippen molar-refractivity contribution in [1.82, 2.24) is 0 Å². The highest BCUT2D eigenvalue weighted by Crippen LogP contribution is 2.39. The van der Waals surface area contributed by atoms with Gasteiger partial charge in [-0.3, -0.25) is 0 Å². The summed E-state index contributed by atoms with van der Waals surface area (Å²) in [6, 6.07) is 0. The first kappa shape index (κ1) is 10.4. The van der Waals surface area contributed by atoms with Gasteiger partial charge < -0.3 is 0 Å². The minimum Gasteiger partial charge on any atom is -0.123 e. The van der Waals surface area contributed by atoms with Gasteiger partial charge in [0.1, 0.15) is 0 Å². The summed E-state index contributed by atoms with van der Waals surface area (Å²) in [5, 5.41) is 0.371. The summed E-state index contributed by atoms with van der Waals surface area (Å²) in [6.45, 7) is 6.88. The first-order valence-corrected chi connectivity index (χ1v) is 5.57. The van der Waals surface area contributed by atoms with Gasteiger partial charge in [-0.15, -0.1) is 11.6 Å². The van der Waals surface area contributed by atoms with Gasteiger partial charge in [0.2, 0.25) is 0 Å². The lowest BCUT2D eigenvalue weighted by molar-refractivity contribution is 0.185. The number of alkyl halides is 1. The lowest BCUT2D eigenvalue weighted by Crippen LogP contribution is -2.22. The molecule has 72 valence electrons. The first-order chi connectivity index (χ1) is 5.49. The van der Waals surface area contributed by atoms with Crippen molar-refractivity contribution in [1.29, 1.82) is 0 Å². The van der Waals surface area contributed by atoms with Crippen molar-refractivity contribution < 1.29 is 0 Å². The van der Waals surface area contributed by atoms with Crippen LogP contribution >= 0.6 is 11.6 Å². The Morgan fingerprint density at radius 3 is 2.25 bits per heavy atom. The van der Waals surface area contributed by atoms with E-state index in [0.29, 0.717) is 10.8 Å². The zero-order chi connectivity index (χ0) is 9.19. The van der Waals surface area contributed by atoms with Crippen molar-refractivity contribution >= 4 is 11.6 Å². The van der Waals surface area contributed by atoms with Gasteiger partial charge in [-0.2, -0.15) is 0 Å². The number of hydrogen-bond acceptors (Lipinski definition) is 0. The van der Waals surface area contributed by atoms with E-state index in [1.165, 1.54) is 32.1 Å². The molecule has 1 saturated carbocycles. The van der Waals surface area contributed by atoms with Gasteiger partial charge in [-0.1, -0.05) is 13.8 Å². The fourth-order valence-corrected chi connectivity index (χ4v) is 2.41. The lowest BCUT2D eigenvalue weighted by atomic mass is 9.72. The molecule has 1 unspecified atom stereocenters. The van der Waals surface area contributed by atoms with Gasteiger partial charge in [0.05, 0.1) is 0 Å². The summed E-state index contributed by atoms with van der Waals surface area (Å²) in [4.78, 5) is 0. The fourth-order valence-electron chi connectivity index (χ4n) is 2.15. The molecule has 1 atom stereocenters. The highest BCUT2D eigenvalue weighted by Gasteiger charge is 2.26. The minimum atomic E-state index is 0.371. The van der Waals surface area contributed by atoms with E-state index in [2.05, 4.69) is 20.8 Å². The van der Waals surface area contributed by atoms with Crippen molar-refractivity contribution in [2.75, 3.05) is 0 Å². The van der Waals surface area contributed by atoms with Gasteiger partial charge in [-0.05, 0) is 50.4 Å². The average Bonchev–Trinajstić information content (AvgIpc) is 1.93. The number of hydrogen-bond donors (Lipinski definition) is 0. The van der Waals surface area contributed by atoms with E-state index in [-0.39, 0.29) is 0 Å². The molecule has 0 aromatic heterocycles. The smallest absolute Gasteiger partial charge is 0.0310 e. The van der Waals surface area contributed by atoms with Gasteiger partial charge in [0, 0.05) is 5.38 Å². The molecule has 0 spiro atoms. The van der Waals surface area contributed by atoms with Crippen LogP contribution in [-0.4, -0.2) is 5.38 Å². The highest BCUT2D eigenvalue weighted by molar-refractivity contribution is 6.20. The SMILES string of the molecule is CC(Cl)CC1CCC(C)(C)CC1. The van der Waals surface area contributed by atoms with Crippen LogP contribution in [0.1, 0.15) is 52.9 Å². The minimum absolute atomic E-state index is 0.371. The maximum Gasteiger partial charge on any atom is 0.0310 e. The zero-order valence-electron chi connectivity index (χ0n) is 8.57. The molecule has 1 aliphatic rings. The third-order valence-electron chi connectivity index (χ3n) is 3.12. The lowest BCUT2D eigenvalue weighted by Gasteiger charge is -2.34. The predicted octanol–water partition coefficient (Wildman–Crippen LogP) is 4.22. The predicted molar refractivity (Wildman–Crippen MR) is 55.7 cm³/mol.